The minimum atomic E-state index is -0.355. The Kier molecular flexibility index (Phi) is 3.49. The van der Waals surface area contributed by atoms with E-state index >= 15 is 0 Å². The molecule has 0 aromatic carbocycles. The van der Waals surface area contributed by atoms with Gasteiger partial charge in [0.1, 0.15) is 6.04 Å². The number of carbonyl (C=O) groups excluding carboxylic acids is 1. The van der Waals surface area contributed by atoms with Crippen LogP contribution in [0.5, 0.6) is 0 Å². The number of aryl methyl sites for hydroxylation is 1. The lowest BCUT2D eigenvalue weighted by Gasteiger charge is -2.28. The normalized spacial score (nSPS) is 20.2. The molecule has 0 aliphatic heterocycles. The maximum absolute atomic E-state index is 12.3. The molecule has 0 N–H and O–H groups in total. The van der Waals surface area contributed by atoms with E-state index in [0.717, 1.165) is 19.3 Å². The molecule has 1 aliphatic carbocycles. The summed E-state index contributed by atoms with van der Waals surface area (Å²) in [6.07, 6.45) is 3.07. The fraction of sp³-hybridized carbons (Fsp3) is 0.538. The van der Waals surface area contributed by atoms with Crippen molar-refractivity contribution in [2.45, 2.75) is 38.1 Å². The highest BCUT2D eigenvalue weighted by atomic mass is 32.1. The SMILES string of the molecule is CC(C#N)N(C)C(=O)C1CCCc2sccc21. The van der Waals surface area contributed by atoms with Crippen LogP contribution in [0.2, 0.25) is 0 Å². The first-order chi connectivity index (χ1) is 8.15. The van der Waals surface area contributed by atoms with Crippen molar-refractivity contribution in [1.29, 1.82) is 5.26 Å². The molecule has 0 saturated carbocycles. The maximum atomic E-state index is 12.3. The van der Waals surface area contributed by atoms with E-state index in [-0.39, 0.29) is 17.9 Å². The lowest BCUT2D eigenvalue weighted by atomic mass is 9.86. The van der Waals surface area contributed by atoms with Gasteiger partial charge in [0, 0.05) is 11.9 Å². The number of thiophene rings is 1. The summed E-state index contributed by atoms with van der Waals surface area (Å²) in [6.45, 7) is 1.76. The third kappa shape index (κ3) is 2.20. The van der Waals surface area contributed by atoms with Crippen molar-refractivity contribution in [2.75, 3.05) is 7.05 Å². The average Bonchev–Trinajstić information content (AvgIpc) is 2.83. The van der Waals surface area contributed by atoms with Crippen molar-refractivity contribution in [3.63, 3.8) is 0 Å². The van der Waals surface area contributed by atoms with Gasteiger partial charge in [0.05, 0.1) is 12.0 Å². The molecular formula is C13H16N2OS. The second-order valence-corrected chi connectivity index (χ2v) is 5.50. The lowest BCUT2D eigenvalue weighted by Crippen LogP contribution is -2.38. The van der Waals surface area contributed by atoms with Crippen LogP contribution in [0.15, 0.2) is 11.4 Å². The van der Waals surface area contributed by atoms with Crippen LogP contribution in [0.4, 0.5) is 0 Å². The highest BCUT2D eigenvalue weighted by Gasteiger charge is 2.30. The Bertz CT molecular complexity index is 460. The lowest BCUT2D eigenvalue weighted by molar-refractivity contribution is -0.132. The van der Waals surface area contributed by atoms with Gasteiger partial charge in [-0.05, 0) is 43.2 Å². The molecule has 0 spiro atoms. The van der Waals surface area contributed by atoms with Crippen LogP contribution in [0, 0.1) is 11.3 Å². The summed E-state index contributed by atoms with van der Waals surface area (Å²) in [5.41, 5.74) is 1.18. The Morgan fingerprint density at radius 3 is 3.18 bits per heavy atom. The summed E-state index contributed by atoms with van der Waals surface area (Å²) < 4.78 is 0. The van der Waals surface area contributed by atoms with Crippen LogP contribution in [0.1, 0.15) is 36.1 Å². The van der Waals surface area contributed by atoms with Crippen LogP contribution in [-0.2, 0) is 11.2 Å². The summed E-state index contributed by atoms with van der Waals surface area (Å²) in [5, 5.41) is 10.9. The Morgan fingerprint density at radius 2 is 2.47 bits per heavy atom. The molecule has 1 aromatic heterocycles. The summed E-state index contributed by atoms with van der Waals surface area (Å²) >= 11 is 1.74. The molecule has 1 heterocycles. The van der Waals surface area contributed by atoms with E-state index < -0.39 is 0 Å². The minimum absolute atomic E-state index is 0.0363. The number of likely N-dealkylation sites (N-methyl/N-ethyl adjacent to an activating group) is 1. The number of amides is 1. The van der Waals surface area contributed by atoms with Crippen LogP contribution >= 0.6 is 11.3 Å². The van der Waals surface area contributed by atoms with Crippen molar-refractivity contribution >= 4 is 17.2 Å². The van der Waals surface area contributed by atoms with Crippen molar-refractivity contribution < 1.29 is 4.79 Å². The molecule has 0 radical (unpaired) electrons. The number of hydrogen-bond acceptors (Lipinski definition) is 3. The molecule has 3 nitrogen and oxygen atoms in total. The van der Waals surface area contributed by atoms with E-state index in [4.69, 9.17) is 5.26 Å². The Labute approximate surface area is 106 Å². The van der Waals surface area contributed by atoms with Crippen molar-refractivity contribution in [1.82, 2.24) is 4.90 Å². The van der Waals surface area contributed by atoms with E-state index in [1.54, 1.807) is 30.2 Å². The Morgan fingerprint density at radius 1 is 1.71 bits per heavy atom. The number of nitrogens with zero attached hydrogens (tertiary/aromatic N) is 2. The smallest absolute Gasteiger partial charge is 0.230 e. The summed E-state index contributed by atoms with van der Waals surface area (Å²) in [7, 11) is 1.72. The van der Waals surface area contributed by atoms with E-state index in [2.05, 4.69) is 17.5 Å². The van der Waals surface area contributed by atoms with Crippen LogP contribution in [0.3, 0.4) is 0 Å². The molecular weight excluding hydrogens is 232 g/mol. The fourth-order valence-electron chi connectivity index (χ4n) is 2.27. The van der Waals surface area contributed by atoms with E-state index in [1.165, 1.54) is 10.4 Å². The quantitative estimate of drug-likeness (QED) is 0.807. The molecule has 1 aromatic rings. The molecule has 17 heavy (non-hydrogen) atoms. The first kappa shape index (κ1) is 12.1. The molecule has 1 amide bonds. The number of nitriles is 1. The minimum Gasteiger partial charge on any atom is -0.329 e. The highest BCUT2D eigenvalue weighted by Crippen LogP contribution is 2.36. The third-order valence-corrected chi connectivity index (χ3v) is 4.46. The standard InChI is InChI=1S/C13H16N2OS/c1-9(8-14)15(2)13(16)11-4-3-5-12-10(11)6-7-17-12/h6-7,9,11H,3-5H2,1-2H3. The maximum Gasteiger partial charge on any atom is 0.230 e. The number of fused-ring (bicyclic) bond motifs is 1. The zero-order valence-corrected chi connectivity index (χ0v) is 11.0. The molecule has 0 fully saturated rings. The molecule has 2 rings (SSSR count). The zero-order chi connectivity index (χ0) is 12.4. The first-order valence-electron chi connectivity index (χ1n) is 5.87. The molecule has 2 unspecified atom stereocenters. The van der Waals surface area contributed by atoms with Gasteiger partial charge in [0.15, 0.2) is 0 Å². The van der Waals surface area contributed by atoms with Gasteiger partial charge in [0.2, 0.25) is 5.91 Å². The van der Waals surface area contributed by atoms with Gasteiger partial charge in [-0.2, -0.15) is 5.26 Å². The van der Waals surface area contributed by atoms with Crippen molar-refractivity contribution in [2.24, 2.45) is 0 Å². The van der Waals surface area contributed by atoms with Crippen molar-refractivity contribution in [3.8, 4) is 6.07 Å². The second-order valence-electron chi connectivity index (χ2n) is 4.50. The highest BCUT2D eigenvalue weighted by molar-refractivity contribution is 7.10. The summed E-state index contributed by atoms with van der Waals surface area (Å²) in [6, 6.07) is 3.82. The van der Waals surface area contributed by atoms with Gasteiger partial charge in [-0.25, -0.2) is 0 Å². The van der Waals surface area contributed by atoms with Crippen molar-refractivity contribution in [3.05, 3.63) is 21.9 Å². The predicted octanol–water partition coefficient (Wildman–Crippen LogP) is 2.54. The molecule has 90 valence electrons. The Balaban J connectivity index is 2.21. The third-order valence-electron chi connectivity index (χ3n) is 3.47. The van der Waals surface area contributed by atoms with E-state index in [0.29, 0.717) is 0 Å². The number of hydrogen-bond donors (Lipinski definition) is 0. The largest absolute Gasteiger partial charge is 0.329 e. The van der Waals surface area contributed by atoms with Gasteiger partial charge in [-0.1, -0.05) is 0 Å². The van der Waals surface area contributed by atoms with Gasteiger partial charge >= 0.3 is 0 Å². The molecule has 1 aliphatic rings. The predicted molar refractivity (Wildman–Crippen MR) is 67.8 cm³/mol. The zero-order valence-electron chi connectivity index (χ0n) is 10.1. The van der Waals surface area contributed by atoms with E-state index in [1.807, 2.05) is 0 Å². The van der Waals surface area contributed by atoms with Gasteiger partial charge in [-0.3, -0.25) is 4.79 Å². The van der Waals surface area contributed by atoms with Crippen LogP contribution in [-0.4, -0.2) is 23.9 Å². The number of rotatable bonds is 2. The summed E-state index contributed by atoms with van der Waals surface area (Å²) in [5.74, 6) is 0.0456. The topological polar surface area (TPSA) is 44.1 Å². The van der Waals surface area contributed by atoms with E-state index in [9.17, 15) is 4.79 Å². The molecule has 0 saturated heterocycles. The number of carbonyl (C=O) groups is 1. The van der Waals surface area contributed by atoms with Gasteiger partial charge in [-0.15, -0.1) is 11.3 Å². The molecule has 2 atom stereocenters. The average molecular weight is 248 g/mol. The van der Waals surface area contributed by atoms with Gasteiger partial charge < -0.3 is 4.90 Å². The first-order valence-corrected chi connectivity index (χ1v) is 6.75. The summed E-state index contributed by atoms with van der Waals surface area (Å²) in [4.78, 5) is 15.2. The Hall–Kier alpha value is -1.34. The van der Waals surface area contributed by atoms with Gasteiger partial charge in [0.25, 0.3) is 0 Å². The monoisotopic (exact) mass is 248 g/mol. The molecule has 0 bridgehead atoms. The van der Waals surface area contributed by atoms with Crippen LogP contribution in [0.25, 0.3) is 0 Å². The molecule has 4 heteroatoms. The second kappa shape index (κ2) is 4.89. The fourth-order valence-corrected chi connectivity index (χ4v) is 3.25. The van der Waals surface area contributed by atoms with Crippen LogP contribution < -0.4 is 0 Å².